The number of hydrogen-bond acceptors (Lipinski definition) is 0. The summed E-state index contributed by atoms with van der Waals surface area (Å²) in [5.74, 6) is 0. The third-order valence-corrected chi connectivity index (χ3v) is 12.7. The second kappa shape index (κ2) is 12.1. The molecule has 0 rings (SSSR count). The van der Waals surface area contributed by atoms with E-state index in [0.29, 0.717) is 0 Å². The van der Waals surface area contributed by atoms with Crippen molar-refractivity contribution in [3.8, 4) is 0 Å². The second-order valence-electron chi connectivity index (χ2n) is 5.91. The fourth-order valence-electron chi connectivity index (χ4n) is 2.96. The minimum atomic E-state index is -0.791. The first-order valence-electron chi connectivity index (χ1n) is 8.24. The van der Waals surface area contributed by atoms with Gasteiger partial charge in [-0.25, -0.2) is 0 Å². The molecule has 0 fully saturated rings. The molecule has 0 spiro atoms. The Labute approximate surface area is 123 Å². The van der Waals surface area contributed by atoms with E-state index in [1.54, 1.807) is 74.0 Å². The summed E-state index contributed by atoms with van der Waals surface area (Å²) in [6, 6.07) is 13.1. The van der Waals surface area contributed by atoms with Crippen LogP contribution < -0.4 is 0 Å². The predicted molar refractivity (Wildman–Crippen MR) is 102 cm³/mol. The van der Waals surface area contributed by atoms with Crippen LogP contribution >= 0.6 is 0 Å². The van der Waals surface area contributed by atoms with Crippen LogP contribution in [0.5, 0.6) is 0 Å². The van der Waals surface area contributed by atoms with E-state index in [2.05, 4.69) is 0 Å². The highest BCUT2D eigenvalue weighted by Crippen LogP contribution is 2.33. The lowest BCUT2D eigenvalue weighted by Gasteiger charge is -2.32. The summed E-state index contributed by atoms with van der Waals surface area (Å²) < 4.78 is 0. The molecule has 0 saturated carbocycles. The maximum Gasteiger partial charge on any atom is 0.0535 e. The zero-order valence-electron chi connectivity index (χ0n) is 13.0. The third kappa shape index (κ3) is 8.74. The Kier molecular flexibility index (Phi) is 12.9. The summed E-state index contributed by atoms with van der Waals surface area (Å²) >= 11 is 0. The van der Waals surface area contributed by atoms with Crippen LogP contribution in [0.25, 0.3) is 0 Å². The van der Waals surface area contributed by atoms with E-state index in [1.807, 2.05) is 0 Å². The van der Waals surface area contributed by atoms with Crippen LogP contribution in [0.3, 0.4) is 0 Å². The van der Waals surface area contributed by atoms with Crippen LogP contribution in [0.2, 0.25) is 48.4 Å². The Morgan fingerprint density at radius 2 is 0.706 bits per heavy atom. The van der Waals surface area contributed by atoms with Gasteiger partial charge in [0.1, 0.15) is 0 Å². The lowest BCUT2D eigenvalue weighted by atomic mass is 10.5. The molecule has 0 N–H and O–H groups in total. The molecule has 0 aliphatic heterocycles. The zero-order valence-corrected chi connectivity index (χ0v) is 22.0. The van der Waals surface area contributed by atoms with Crippen molar-refractivity contribution in [2.45, 2.75) is 74.0 Å². The van der Waals surface area contributed by atoms with Gasteiger partial charge >= 0.3 is 0 Å². The highest BCUT2D eigenvalue weighted by molar-refractivity contribution is 6.80. The van der Waals surface area contributed by atoms with E-state index in [0.717, 1.165) is 0 Å². The van der Waals surface area contributed by atoms with Gasteiger partial charge in [-0.3, -0.25) is 0 Å². The van der Waals surface area contributed by atoms with Gasteiger partial charge in [0.2, 0.25) is 0 Å². The van der Waals surface area contributed by atoms with Crippen molar-refractivity contribution >= 4 is 49.0 Å². The van der Waals surface area contributed by atoms with Crippen molar-refractivity contribution in [1.82, 2.24) is 0 Å². The van der Waals surface area contributed by atoms with Crippen molar-refractivity contribution in [3.63, 3.8) is 0 Å². The molecule has 0 aromatic carbocycles. The van der Waals surface area contributed by atoms with Gasteiger partial charge in [0.15, 0.2) is 0 Å². The maximum absolute atomic E-state index is 1.71. The molecule has 0 nitrogen and oxygen atoms in total. The first-order chi connectivity index (χ1) is 8.24. The average molecular weight is 321 g/mol. The van der Waals surface area contributed by atoms with Crippen LogP contribution in [-0.2, 0) is 0 Å². The molecule has 0 aliphatic carbocycles. The molecule has 17 heavy (non-hydrogen) atoms. The van der Waals surface area contributed by atoms with Gasteiger partial charge in [0.25, 0.3) is 0 Å². The first-order valence-corrected chi connectivity index (χ1v) is 16.7. The van der Waals surface area contributed by atoms with Gasteiger partial charge in [-0.15, -0.1) is 0 Å². The van der Waals surface area contributed by atoms with Crippen LogP contribution in [0, 0.1) is 0 Å². The minimum Gasteiger partial charge on any atom is -0.0661 e. The fraction of sp³-hybridized carbons (Fsp3) is 1.00. The van der Waals surface area contributed by atoms with Gasteiger partial charge in [-0.2, -0.15) is 0 Å². The minimum absolute atomic E-state index is 0.791. The Balaban J connectivity index is 4.39. The van der Waals surface area contributed by atoms with E-state index in [9.17, 15) is 0 Å². The predicted octanol–water partition coefficient (Wildman–Crippen LogP) is 0.130. The lowest BCUT2D eigenvalue weighted by Crippen LogP contribution is -2.33. The van der Waals surface area contributed by atoms with Gasteiger partial charge in [0, 0.05) is 41.0 Å². The van der Waals surface area contributed by atoms with E-state index in [1.165, 1.54) is 41.0 Å². The molecule has 104 valence electrons. The normalized spacial score (nSPS) is 15.5. The molecular formula is C12H36Si5. The Bertz CT molecular complexity index is 125. The molecule has 0 amide bonds. The molecule has 5 heteroatoms. The Hall–Kier alpha value is 1.08. The first kappa shape index (κ1) is 18.1. The van der Waals surface area contributed by atoms with Crippen molar-refractivity contribution < 1.29 is 0 Å². The van der Waals surface area contributed by atoms with Crippen molar-refractivity contribution in [3.05, 3.63) is 0 Å². The molecule has 0 atom stereocenters. The summed E-state index contributed by atoms with van der Waals surface area (Å²) in [5.41, 5.74) is 0. The molecule has 0 heterocycles. The second-order valence-corrected chi connectivity index (χ2v) is 14.9. The molecule has 0 aromatic rings. The summed E-state index contributed by atoms with van der Waals surface area (Å²) in [5, 5.41) is 0. The molecule has 0 unspecified atom stereocenters. The highest BCUT2D eigenvalue weighted by Gasteiger charge is 2.29. The standard InChI is InChI=1S/C12H36Si5/c13-5-1-9-17(10-2-6-14,11-3-7-15)12-4-8-16/h1-12H2,13-16H3. The van der Waals surface area contributed by atoms with Gasteiger partial charge < -0.3 is 0 Å². The molecule has 0 aromatic heterocycles. The molecule has 0 bridgehead atoms. The third-order valence-electron chi connectivity index (χ3n) is 4.24. The average Bonchev–Trinajstić information content (AvgIpc) is 2.37. The van der Waals surface area contributed by atoms with E-state index in [4.69, 9.17) is 0 Å². The van der Waals surface area contributed by atoms with Crippen molar-refractivity contribution in [1.29, 1.82) is 0 Å². The number of hydrogen-bond donors (Lipinski definition) is 0. The highest BCUT2D eigenvalue weighted by atomic mass is 28.3. The molecular weight excluding hydrogens is 285 g/mol. The van der Waals surface area contributed by atoms with E-state index in [-0.39, 0.29) is 0 Å². The number of rotatable bonds is 12. The fourth-order valence-corrected chi connectivity index (χ4v) is 13.1. The largest absolute Gasteiger partial charge is 0.0661 e. The van der Waals surface area contributed by atoms with Gasteiger partial charge in [-0.05, 0) is 0 Å². The topological polar surface area (TPSA) is 0 Å². The summed E-state index contributed by atoms with van der Waals surface area (Å²) in [6.07, 6.45) is 6.40. The van der Waals surface area contributed by atoms with Crippen molar-refractivity contribution in [2.24, 2.45) is 0 Å². The SMILES string of the molecule is [SiH3]CCC[Si](CCC[SiH3])(CCC[SiH3])CCC[SiH3]. The quantitative estimate of drug-likeness (QED) is 0.449. The Morgan fingerprint density at radius 3 is 0.882 bits per heavy atom. The maximum atomic E-state index is 1.71. The van der Waals surface area contributed by atoms with Crippen molar-refractivity contribution in [2.75, 3.05) is 0 Å². The summed E-state index contributed by atoms with van der Waals surface area (Å²) in [7, 11) is 4.97. The van der Waals surface area contributed by atoms with Gasteiger partial charge in [-0.1, -0.05) is 74.0 Å². The summed E-state index contributed by atoms with van der Waals surface area (Å²) in [4.78, 5) is 0. The summed E-state index contributed by atoms with van der Waals surface area (Å²) in [6.45, 7) is 0. The van der Waals surface area contributed by atoms with Crippen LogP contribution in [0.4, 0.5) is 0 Å². The monoisotopic (exact) mass is 320 g/mol. The zero-order chi connectivity index (χ0) is 13.0. The van der Waals surface area contributed by atoms with Crippen LogP contribution in [0.15, 0.2) is 0 Å². The Morgan fingerprint density at radius 1 is 0.471 bits per heavy atom. The molecule has 0 saturated heterocycles. The molecule has 0 aliphatic rings. The van der Waals surface area contributed by atoms with Crippen LogP contribution in [-0.4, -0.2) is 49.0 Å². The lowest BCUT2D eigenvalue weighted by molar-refractivity contribution is 0.879. The van der Waals surface area contributed by atoms with E-state index < -0.39 is 8.07 Å². The van der Waals surface area contributed by atoms with Crippen LogP contribution in [0.1, 0.15) is 25.7 Å². The molecule has 0 radical (unpaired) electrons. The van der Waals surface area contributed by atoms with Gasteiger partial charge in [0.05, 0.1) is 8.07 Å². The smallest absolute Gasteiger partial charge is 0.0535 e. The van der Waals surface area contributed by atoms with E-state index >= 15 is 0 Å².